The molecule has 2 amide bonds. The van der Waals surface area contributed by atoms with Crippen molar-refractivity contribution in [2.45, 2.75) is 6.54 Å². The summed E-state index contributed by atoms with van der Waals surface area (Å²) in [5.74, 6) is -1.64. The Balaban J connectivity index is 2.20. The van der Waals surface area contributed by atoms with Gasteiger partial charge in [-0.1, -0.05) is 0 Å². The zero-order valence-electron chi connectivity index (χ0n) is 11.5. The lowest BCUT2D eigenvalue weighted by Gasteiger charge is -2.07. The van der Waals surface area contributed by atoms with Crippen LogP contribution in [0.15, 0.2) is 41.2 Å². The fourth-order valence-corrected chi connectivity index (χ4v) is 1.71. The first-order valence-electron chi connectivity index (χ1n) is 6.35. The third kappa shape index (κ3) is 3.98. The molecule has 0 aliphatic heterocycles. The fraction of sp³-hybridized carbons (Fsp3) is 0.143. The summed E-state index contributed by atoms with van der Waals surface area (Å²) in [4.78, 5) is 33.9. The molecule has 0 atom stereocenters. The Morgan fingerprint density at radius 3 is 2.50 bits per heavy atom. The van der Waals surface area contributed by atoms with Crippen molar-refractivity contribution in [3.8, 4) is 11.3 Å². The van der Waals surface area contributed by atoms with E-state index in [1.165, 1.54) is 36.4 Å². The van der Waals surface area contributed by atoms with Crippen LogP contribution in [-0.2, 0) is 16.1 Å². The first-order chi connectivity index (χ1) is 10.5. The van der Waals surface area contributed by atoms with Crippen LogP contribution < -0.4 is 16.6 Å². The molecule has 22 heavy (non-hydrogen) atoms. The number of halogens is 1. The highest BCUT2D eigenvalue weighted by Gasteiger charge is 2.08. The van der Waals surface area contributed by atoms with Gasteiger partial charge >= 0.3 is 0 Å². The monoisotopic (exact) mass is 304 g/mol. The van der Waals surface area contributed by atoms with Crippen molar-refractivity contribution in [2.75, 3.05) is 6.54 Å². The number of rotatable bonds is 5. The van der Waals surface area contributed by atoms with Gasteiger partial charge in [0, 0.05) is 11.6 Å². The number of nitrogens with two attached hydrogens (primary N) is 1. The van der Waals surface area contributed by atoms with Gasteiger partial charge in [-0.05, 0) is 30.3 Å². The molecule has 0 bridgehead atoms. The highest BCUT2D eigenvalue weighted by atomic mass is 19.1. The zero-order chi connectivity index (χ0) is 16.1. The summed E-state index contributed by atoms with van der Waals surface area (Å²) in [5.41, 5.74) is 5.46. The molecule has 0 unspecified atom stereocenters. The summed E-state index contributed by atoms with van der Waals surface area (Å²) in [6, 6.07) is 8.30. The second kappa shape index (κ2) is 6.61. The number of primary amides is 1. The molecule has 1 heterocycles. The molecule has 1 aromatic carbocycles. The maximum absolute atomic E-state index is 12.9. The maximum atomic E-state index is 12.9. The van der Waals surface area contributed by atoms with Crippen LogP contribution in [0.2, 0.25) is 0 Å². The smallest absolute Gasteiger partial charge is 0.267 e. The van der Waals surface area contributed by atoms with Crippen LogP contribution in [0, 0.1) is 5.82 Å². The molecular formula is C14H13FN4O3. The number of aromatic nitrogens is 2. The van der Waals surface area contributed by atoms with Gasteiger partial charge in [-0.3, -0.25) is 14.4 Å². The second-order valence-corrected chi connectivity index (χ2v) is 4.46. The van der Waals surface area contributed by atoms with Crippen molar-refractivity contribution < 1.29 is 14.0 Å². The Morgan fingerprint density at radius 2 is 1.86 bits per heavy atom. The van der Waals surface area contributed by atoms with E-state index in [-0.39, 0.29) is 18.9 Å². The molecular weight excluding hydrogens is 291 g/mol. The van der Waals surface area contributed by atoms with Gasteiger partial charge in [0.2, 0.25) is 11.8 Å². The molecule has 8 heteroatoms. The molecule has 0 spiro atoms. The van der Waals surface area contributed by atoms with Gasteiger partial charge in [0.05, 0.1) is 12.2 Å². The van der Waals surface area contributed by atoms with E-state index in [1.807, 2.05) is 0 Å². The molecule has 2 rings (SSSR count). The van der Waals surface area contributed by atoms with Gasteiger partial charge in [-0.2, -0.15) is 5.10 Å². The summed E-state index contributed by atoms with van der Waals surface area (Å²) in [7, 11) is 0. The topological polar surface area (TPSA) is 107 Å². The van der Waals surface area contributed by atoms with Crippen LogP contribution in [0.4, 0.5) is 4.39 Å². The van der Waals surface area contributed by atoms with Crippen LogP contribution in [0.3, 0.4) is 0 Å². The maximum Gasteiger partial charge on any atom is 0.267 e. The van der Waals surface area contributed by atoms with Crippen LogP contribution in [-0.4, -0.2) is 28.1 Å². The highest BCUT2D eigenvalue weighted by Crippen LogP contribution is 2.15. The Bertz CT molecular complexity index is 755. The van der Waals surface area contributed by atoms with E-state index >= 15 is 0 Å². The lowest BCUT2D eigenvalue weighted by molar-refractivity contribution is -0.125. The first kappa shape index (κ1) is 15.4. The molecule has 7 nitrogen and oxygen atoms in total. The number of nitrogens with zero attached hydrogens (tertiary/aromatic N) is 2. The van der Waals surface area contributed by atoms with Crippen molar-refractivity contribution in [3.63, 3.8) is 0 Å². The van der Waals surface area contributed by atoms with E-state index in [2.05, 4.69) is 10.4 Å². The second-order valence-electron chi connectivity index (χ2n) is 4.46. The number of hydrogen-bond acceptors (Lipinski definition) is 4. The van der Waals surface area contributed by atoms with Crippen LogP contribution in [0.1, 0.15) is 0 Å². The van der Waals surface area contributed by atoms with E-state index < -0.39 is 17.4 Å². The largest absolute Gasteiger partial charge is 0.368 e. The van der Waals surface area contributed by atoms with Crippen LogP contribution in [0.5, 0.6) is 0 Å². The lowest BCUT2D eigenvalue weighted by atomic mass is 10.1. The Hall–Kier alpha value is -3.03. The SMILES string of the molecule is NC(=O)CNC(=O)Cn1nc(-c2ccc(F)cc2)ccc1=O. The quantitative estimate of drug-likeness (QED) is 0.787. The number of benzene rings is 1. The predicted octanol–water partition coefficient (Wildman–Crippen LogP) is -0.349. The summed E-state index contributed by atoms with van der Waals surface area (Å²) < 4.78 is 13.9. The first-order valence-corrected chi connectivity index (χ1v) is 6.35. The Morgan fingerprint density at radius 1 is 1.18 bits per heavy atom. The Labute approximate surface area is 124 Å². The molecule has 2 aromatic rings. The highest BCUT2D eigenvalue weighted by molar-refractivity contribution is 5.83. The summed E-state index contributed by atoms with van der Waals surface area (Å²) in [6.45, 7) is -0.660. The van der Waals surface area contributed by atoms with Crippen LogP contribution in [0.25, 0.3) is 11.3 Å². The van der Waals surface area contributed by atoms with E-state index in [0.717, 1.165) is 4.68 Å². The minimum absolute atomic E-state index is 0.314. The number of nitrogens with one attached hydrogen (secondary N) is 1. The van der Waals surface area contributed by atoms with Gasteiger partial charge in [0.25, 0.3) is 5.56 Å². The molecule has 0 saturated heterocycles. The number of amides is 2. The number of carbonyl (C=O) groups excluding carboxylic acids is 2. The average Bonchev–Trinajstić information content (AvgIpc) is 2.48. The standard InChI is InChI=1S/C14H13FN4O3/c15-10-3-1-9(2-4-10)11-5-6-14(22)19(18-11)8-13(21)17-7-12(16)20/h1-6H,7-8H2,(H2,16,20)(H,17,21). The molecule has 0 aliphatic rings. The molecule has 0 radical (unpaired) electrons. The molecule has 3 N–H and O–H groups in total. The van der Waals surface area contributed by atoms with Crippen molar-refractivity contribution in [3.05, 3.63) is 52.6 Å². The van der Waals surface area contributed by atoms with Gasteiger partial charge in [-0.25, -0.2) is 9.07 Å². The Kier molecular flexibility index (Phi) is 4.62. The van der Waals surface area contributed by atoms with Gasteiger partial charge in [0.15, 0.2) is 0 Å². The average molecular weight is 304 g/mol. The lowest BCUT2D eigenvalue weighted by Crippen LogP contribution is -2.38. The molecule has 0 fully saturated rings. The number of carbonyl (C=O) groups is 2. The zero-order valence-corrected chi connectivity index (χ0v) is 11.5. The fourth-order valence-electron chi connectivity index (χ4n) is 1.71. The van der Waals surface area contributed by atoms with Gasteiger partial charge in [0.1, 0.15) is 12.4 Å². The summed E-state index contributed by atoms with van der Waals surface area (Å²) in [6.07, 6.45) is 0. The summed E-state index contributed by atoms with van der Waals surface area (Å²) in [5, 5.41) is 6.31. The van der Waals surface area contributed by atoms with Crippen LogP contribution >= 0.6 is 0 Å². The minimum atomic E-state index is -0.686. The van der Waals surface area contributed by atoms with E-state index in [4.69, 9.17) is 5.73 Å². The van der Waals surface area contributed by atoms with E-state index in [9.17, 15) is 18.8 Å². The van der Waals surface area contributed by atoms with Crippen molar-refractivity contribution >= 4 is 11.8 Å². The van der Waals surface area contributed by atoms with E-state index in [0.29, 0.717) is 11.3 Å². The molecule has 0 saturated carbocycles. The third-order valence-corrected chi connectivity index (χ3v) is 2.76. The van der Waals surface area contributed by atoms with Crippen molar-refractivity contribution in [1.29, 1.82) is 0 Å². The van der Waals surface area contributed by atoms with Crippen molar-refractivity contribution in [2.24, 2.45) is 5.73 Å². The number of hydrogen-bond donors (Lipinski definition) is 2. The van der Waals surface area contributed by atoms with Gasteiger partial charge < -0.3 is 11.1 Å². The van der Waals surface area contributed by atoms with Gasteiger partial charge in [-0.15, -0.1) is 0 Å². The van der Waals surface area contributed by atoms with Crippen molar-refractivity contribution in [1.82, 2.24) is 15.1 Å². The summed E-state index contributed by atoms with van der Waals surface area (Å²) >= 11 is 0. The molecule has 114 valence electrons. The predicted molar refractivity (Wildman–Crippen MR) is 76.1 cm³/mol. The third-order valence-electron chi connectivity index (χ3n) is 2.76. The molecule has 0 aliphatic carbocycles. The normalized spacial score (nSPS) is 10.2. The van der Waals surface area contributed by atoms with E-state index in [1.54, 1.807) is 0 Å². The molecule has 1 aromatic heterocycles. The minimum Gasteiger partial charge on any atom is -0.368 e.